The minimum absolute atomic E-state index is 0.0352. The summed E-state index contributed by atoms with van der Waals surface area (Å²) in [5.74, 6) is 1.01. The molecule has 0 saturated heterocycles. The van der Waals surface area contributed by atoms with E-state index < -0.39 is 5.82 Å². The fourth-order valence-corrected chi connectivity index (χ4v) is 2.84. The molecule has 0 unspecified atom stereocenters. The molecule has 0 aliphatic carbocycles. The number of hydrogen-bond donors (Lipinski definition) is 1. The van der Waals surface area contributed by atoms with Crippen molar-refractivity contribution >= 4 is 23.2 Å². The lowest BCUT2D eigenvalue weighted by atomic mass is 10.1. The molecule has 0 fully saturated rings. The van der Waals surface area contributed by atoms with Crippen molar-refractivity contribution in [3.05, 3.63) is 57.3 Å². The Morgan fingerprint density at radius 2 is 1.92 bits per heavy atom. The quantitative estimate of drug-likeness (QED) is 0.653. The van der Waals surface area contributed by atoms with Crippen LogP contribution in [0.4, 0.5) is 4.39 Å². The van der Waals surface area contributed by atoms with E-state index in [0.29, 0.717) is 34.0 Å². The van der Waals surface area contributed by atoms with Gasteiger partial charge in [0.15, 0.2) is 11.5 Å². The summed E-state index contributed by atoms with van der Waals surface area (Å²) in [6, 6.07) is 8.18. The van der Waals surface area contributed by atoms with Crippen molar-refractivity contribution in [3.63, 3.8) is 0 Å². The first-order valence-corrected chi connectivity index (χ1v) is 8.80. The molecule has 0 atom stereocenters. The van der Waals surface area contributed by atoms with Crippen molar-refractivity contribution < 1.29 is 13.9 Å². The molecule has 136 valence electrons. The molecule has 1 N–H and O–H groups in total. The van der Waals surface area contributed by atoms with Gasteiger partial charge < -0.3 is 14.8 Å². The van der Waals surface area contributed by atoms with Crippen molar-refractivity contribution in [2.24, 2.45) is 5.92 Å². The van der Waals surface area contributed by atoms with E-state index in [-0.39, 0.29) is 12.2 Å². The molecular weight excluding hydrogens is 364 g/mol. The molecule has 2 aromatic carbocycles. The average molecular weight is 386 g/mol. The Bertz CT molecular complexity index is 703. The van der Waals surface area contributed by atoms with Gasteiger partial charge in [0.05, 0.1) is 17.2 Å². The third kappa shape index (κ3) is 5.50. The van der Waals surface area contributed by atoms with E-state index in [1.807, 2.05) is 12.1 Å². The van der Waals surface area contributed by atoms with Crippen LogP contribution in [0.5, 0.6) is 11.5 Å². The standard InChI is InChI=1S/C19H22Cl2FNO2/c1-12(2)9-23-10-13-7-16(21)19(18(8-13)24-3)25-11-14-15(20)5-4-6-17(14)22/h4-8,12,23H,9-11H2,1-3H3. The zero-order chi connectivity index (χ0) is 18.4. The highest BCUT2D eigenvalue weighted by atomic mass is 35.5. The van der Waals surface area contributed by atoms with E-state index in [4.69, 9.17) is 32.7 Å². The smallest absolute Gasteiger partial charge is 0.180 e. The van der Waals surface area contributed by atoms with Gasteiger partial charge >= 0.3 is 0 Å². The van der Waals surface area contributed by atoms with Gasteiger partial charge in [-0.25, -0.2) is 4.39 Å². The van der Waals surface area contributed by atoms with Gasteiger partial charge in [-0.15, -0.1) is 0 Å². The fourth-order valence-electron chi connectivity index (χ4n) is 2.34. The molecule has 0 saturated carbocycles. The molecule has 0 aliphatic heterocycles. The summed E-state index contributed by atoms with van der Waals surface area (Å²) in [6.45, 7) is 5.83. The zero-order valence-corrected chi connectivity index (χ0v) is 16.0. The Hall–Kier alpha value is -1.49. The molecule has 3 nitrogen and oxygen atoms in total. The van der Waals surface area contributed by atoms with Crippen LogP contribution in [0.3, 0.4) is 0 Å². The van der Waals surface area contributed by atoms with Gasteiger partial charge in [-0.05, 0) is 42.3 Å². The molecular formula is C19H22Cl2FNO2. The number of methoxy groups -OCH3 is 1. The molecule has 6 heteroatoms. The van der Waals surface area contributed by atoms with Crippen LogP contribution in [-0.4, -0.2) is 13.7 Å². The van der Waals surface area contributed by atoms with Crippen molar-refractivity contribution in [1.82, 2.24) is 5.32 Å². The SMILES string of the molecule is COc1cc(CNCC(C)C)cc(Cl)c1OCc1c(F)cccc1Cl. The van der Waals surface area contributed by atoms with E-state index in [0.717, 1.165) is 12.1 Å². The van der Waals surface area contributed by atoms with Gasteiger partial charge in [-0.2, -0.15) is 0 Å². The Labute approximate surface area is 158 Å². The van der Waals surface area contributed by atoms with Crippen LogP contribution < -0.4 is 14.8 Å². The van der Waals surface area contributed by atoms with Crippen molar-refractivity contribution in [3.8, 4) is 11.5 Å². The second kappa shape index (κ2) is 9.27. The largest absolute Gasteiger partial charge is 0.493 e. The van der Waals surface area contributed by atoms with Crippen molar-refractivity contribution in [2.45, 2.75) is 27.0 Å². The Balaban J connectivity index is 2.15. The molecule has 25 heavy (non-hydrogen) atoms. The normalized spacial score (nSPS) is 11.0. The average Bonchev–Trinajstić information content (AvgIpc) is 2.55. The molecule has 2 aromatic rings. The third-order valence-electron chi connectivity index (χ3n) is 3.59. The first kappa shape index (κ1) is 19.8. The van der Waals surface area contributed by atoms with Gasteiger partial charge in [0.2, 0.25) is 0 Å². The second-order valence-electron chi connectivity index (χ2n) is 6.12. The zero-order valence-electron chi connectivity index (χ0n) is 14.5. The summed E-state index contributed by atoms with van der Waals surface area (Å²) in [5, 5.41) is 4.07. The van der Waals surface area contributed by atoms with Crippen LogP contribution >= 0.6 is 23.2 Å². The van der Waals surface area contributed by atoms with Crippen LogP contribution in [0.25, 0.3) is 0 Å². The Morgan fingerprint density at radius 3 is 2.56 bits per heavy atom. The first-order chi connectivity index (χ1) is 11.9. The monoisotopic (exact) mass is 385 g/mol. The second-order valence-corrected chi connectivity index (χ2v) is 6.94. The van der Waals surface area contributed by atoms with Crippen LogP contribution in [0, 0.1) is 11.7 Å². The van der Waals surface area contributed by atoms with Crippen molar-refractivity contribution in [2.75, 3.05) is 13.7 Å². The number of ether oxygens (including phenoxy) is 2. The first-order valence-electron chi connectivity index (χ1n) is 8.05. The van der Waals surface area contributed by atoms with Crippen LogP contribution in [0.2, 0.25) is 10.0 Å². The maximum Gasteiger partial charge on any atom is 0.180 e. The number of benzene rings is 2. The molecule has 0 radical (unpaired) electrons. The number of halogens is 3. The van der Waals surface area contributed by atoms with Crippen LogP contribution in [0.1, 0.15) is 25.0 Å². The Kier molecular flexibility index (Phi) is 7.36. The molecule has 0 heterocycles. The van der Waals surface area contributed by atoms with Gasteiger partial charge in [0.25, 0.3) is 0 Å². The maximum absolute atomic E-state index is 13.9. The minimum Gasteiger partial charge on any atom is -0.493 e. The van der Waals surface area contributed by atoms with Gasteiger partial charge in [0, 0.05) is 12.1 Å². The lowest BCUT2D eigenvalue weighted by Crippen LogP contribution is -2.19. The van der Waals surface area contributed by atoms with E-state index in [2.05, 4.69) is 19.2 Å². The van der Waals surface area contributed by atoms with Crippen molar-refractivity contribution in [1.29, 1.82) is 0 Å². The molecule has 0 spiro atoms. The Morgan fingerprint density at radius 1 is 1.16 bits per heavy atom. The minimum atomic E-state index is -0.419. The fraction of sp³-hybridized carbons (Fsp3) is 0.368. The molecule has 0 aromatic heterocycles. The van der Waals surface area contributed by atoms with E-state index in [1.54, 1.807) is 19.2 Å². The number of hydrogen-bond acceptors (Lipinski definition) is 3. The maximum atomic E-state index is 13.9. The summed E-state index contributed by atoms with van der Waals surface area (Å²) in [4.78, 5) is 0. The van der Waals surface area contributed by atoms with Gasteiger partial charge in [-0.3, -0.25) is 0 Å². The predicted octanol–water partition coefficient (Wildman–Crippen LogP) is 5.47. The lowest BCUT2D eigenvalue weighted by molar-refractivity contribution is 0.280. The number of nitrogens with one attached hydrogen (secondary N) is 1. The lowest BCUT2D eigenvalue weighted by Gasteiger charge is -2.15. The predicted molar refractivity (Wildman–Crippen MR) is 100 cm³/mol. The van der Waals surface area contributed by atoms with Gasteiger partial charge in [-0.1, -0.05) is 43.1 Å². The highest BCUT2D eigenvalue weighted by Gasteiger charge is 2.15. The van der Waals surface area contributed by atoms with Gasteiger partial charge in [0.1, 0.15) is 12.4 Å². The summed E-state index contributed by atoms with van der Waals surface area (Å²) >= 11 is 12.4. The van der Waals surface area contributed by atoms with Crippen LogP contribution in [-0.2, 0) is 13.2 Å². The summed E-state index contributed by atoms with van der Waals surface area (Å²) in [7, 11) is 1.54. The third-order valence-corrected chi connectivity index (χ3v) is 4.23. The van der Waals surface area contributed by atoms with Crippen LogP contribution in [0.15, 0.2) is 30.3 Å². The van der Waals surface area contributed by atoms with E-state index >= 15 is 0 Å². The topological polar surface area (TPSA) is 30.5 Å². The van der Waals surface area contributed by atoms with E-state index in [9.17, 15) is 4.39 Å². The molecule has 0 bridgehead atoms. The summed E-state index contributed by atoms with van der Waals surface area (Å²) < 4.78 is 24.9. The number of rotatable bonds is 8. The molecule has 0 aliphatic rings. The highest BCUT2D eigenvalue weighted by molar-refractivity contribution is 6.32. The molecule has 0 amide bonds. The highest BCUT2D eigenvalue weighted by Crippen LogP contribution is 2.37. The summed E-state index contributed by atoms with van der Waals surface area (Å²) in [6.07, 6.45) is 0. The van der Waals surface area contributed by atoms with E-state index in [1.165, 1.54) is 6.07 Å². The molecule has 2 rings (SSSR count). The summed E-state index contributed by atoms with van der Waals surface area (Å²) in [5.41, 5.74) is 1.27.